The zero-order chi connectivity index (χ0) is 19.4. The summed E-state index contributed by atoms with van der Waals surface area (Å²) < 4.78 is 6.04. The van der Waals surface area contributed by atoms with Crippen LogP contribution in [0.2, 0.25) is 0 Å². The Balaban J connectivity index is 2.04. The van der Waals surface area contributed by atoms with Gasteiger partial charge in [-0.3, -0.25) is 9.59 Å². The number of nitrogens with zero attached hydrogens (tertiary/aromatic N) is 1. The second-order valence-corrected chi connectivity index (χ2v) is 5.81. The molecule has 1 heterocycles. The third-order valence-electron chi connectivity index (χ3n) is 4.18. The Morgan fingerprint density at radius 1 is 1.15 bits per heavy atom. The number of para-hydroxylation sites is 1. The lowest BCUT2D eigenvalue weighted by atomic mass is 10.1. The lowest BCUT2D eigenvalue weighted by molar-refractivity contribution is 0.102. The monoisotopic (exact) mass is 365 g/mol. The predicted molar refractivity (Wildman–Crippen MR) is 103 cm³/mol. The van der Waals surface area contributed by atoms with Gasteiger partial charge >= 0.3 is 5.69 Å². The van der Waals surface area contributed by atoms with E-state index in [2.05, 4.69) is 10.3 Å². The summed E-state index contributed by atoms with van der Waals surface area (Å²) in [5.41, 5.74) is 0.372. The van der Waals surface area contributed by atoms with E-state index in [0.717, 1.165) is 22.7 Å². The van der Waals surface area contributed by atoms with Gasteiger partial charge in [-0.15, -0.1) is 0 Å². The summed E-state index contributed by atoms with van der Waals surface area (Å²) in [6.07, 6.45) is 1.86. The zero-order valence-corrected chi connectivity index (χ0v) is 15.0. The quantitative estimate of drug-likeness (QED) is 0.726. The highest BCUT2D eigenvalue weighted by Gasteiger charge is 2.17. The van der Waals surface area contributed by atoms with Gasteiger partial charge in [-0.2, -0.15) is 0 Å². The van der Waals surface area contributed by atoms with E-state index in [0.29, 0.717) is 17.1 Å². The minimum absolute atomic E-state index is 0.164. The third-order valence-corrected chi connectivity index (χ3v) is 4.18. The molecule has 1 amide bonds. The molecule has 0 spiro atoms. The molecule has 0 bridgehead atoms. The van der Waals surface area contributed by atoms with Crippen molar-refractivity contribution in [3.05, 3.63) is 86.7 Å². The molecule has 0 unspecified atom stereocenters. The fourth-order valence-corrected chi connectivity index (χ4v) is 2.76. The number of aromatic nitrogens is 2. The molecule has 2 N–H and O–H groups in total. The van der Waals surface area contributed by atoms with Crippen molar-refractivity contribution in [3.63, 3.8) is 0 Å². The fraction of sp³-hybridized carbons (Fsp3) is 0.150. The van der Waals surface area contributed by atoms with E-state index >= 15 is 0 Å². The van der Waals surface area contributed by atoms with Gasteiger partial charge in [0, 0.05) is 18.0 Å². The Morgan fingerprint density at radius 3 is 2.67 bits per heavy atom. The van der Waals surface area contributed by atoms with Crippen molar-refractivity contribution in [1.29, 1.82) is 0 Å². The number of hydrogen-bond donors (Lipinski definition) is 2. The maximum absolute atomic E-state index is 12.8. The maximum Gasteiger partial charge on any atom is 0.333 e. The number of carbonyl (C=O) groups excluding carboxylic acids is 1. The Kier molecular flexibility index (Phi) is 5.21. The number of amides is 1. The molecule has 7 heteroatoms. The van der Waals surface area contributed by atoms with Crippen molar-refractivity contribution in [2.45, 2.75) is 13.3 Å². The van der Waals surface area contributed by atoms with E-state index in [4.69, 9.17) is 4.74 Å². The highest BCUT2D eigenvalue weighted by molar-refractivity contribution is 6.04. The standard InChI is InChI=1S/C20H19N3O4/c1-3-13-7-4-5-10-17(13)22-18(24)16-12-21-20(26)23(19(16)25)14-8-6-9-15(11-14)27-2/h4-12H,3H2,1-2H3,(H,21,26)(H,22,24). The Hall–Kier alpha value is -3.61. The van der Waals surface area contributed by atoms with Gasteiger partial charge in [0.05, 0.1) is 12.8 Å². The molecule has 7 nitrogen and oxygen atoms in total. The first-order valence-electron chi connectivity index (χ1n) is 8.43. The SMILES string of the molecule is CCc1ccccc1NC(=O)c1c[nH]c(=O)n(-c2cccc(OC)c2)c1=O. The topological polar surface area (TPSA) is 93.2 Å². The fourth-order valence-electron chi connectivity index (χ4n) is 2.76. The van der Waals surface area contributed by atoms with Crippen LogP contribution in [0.1, 0.15) is 22.8 Å². The van der Waals surface area contributed by atoms with Crippen molar-refractivity contribution in [1.82, 2.24) is 9.55 Å². The molecule has 3 rings (SSSR count). The molecule has 0 radical (unpaired) electrons. The first kappa shape index (κ1) is 18.2. The number of methoxy groups -OCH3 is 1. The van der Waals surface area contributed by atoms with Crippen LogP contribution in [-0.4, -0.2) is 22.6 Å². The van der Waals surface area contributed by atoms with E-state index in [-0.39, 0.29) is 5.56 Å². The third kappa shape index (κ3) is 3.67. The largest absolute Gasteiger partial charge is 0.497 e. The number of carbonyl (C=O) groups is 1. The molecule has 0 saturated carbocycles. The van der Waals surface area contributed by atoms with Crippen LogP contribution in [0.25, 0.3) is 5.69 Å². The van der Waals surface area contributed by atoms with Gasteiger partial charge in [0.25, 0.3) is 11.5 Å². The maximum atomic E-state index is 12.8. The molecule has 0 aliphatic carbocycles. The number of nitrogens with one attached hydrogen (secondary N) is 2. The van der Waals surface area contributed by atoms with Crippen LogP contribution in [-0.2, 0) is 6.42 Å². The molecular weight excluding hydrogens is 346 g/mol. The van der Waals surface area contributed by atoms with E-state index in [1.165, 1.54) is 7.11 Å². The molecule has 27 heavy (non-hydrogen) atoms. The zero-order valence-electron chi connectivity index (χ0n) is 15.0. The number of hydrogen-bond acceptors (Lipinski definition) is 4. The summed E-state index contributed by atoms with van der Waals surface area (Å²) in [6, 6.07) is 13.8. The van der Waals surface area contributed by atoms with Crippen molar-refractivity contribution in [2.75, 3.05) is 12.4 Å². The van der Waals surface area contributed by atoms with Crippen LogP contribution in [0.3, 0.4) is 0 Å². The highest BCUT2D eigenvalue weighted by Crippen LogP contribution is 2.16. The average Bonchev–Trinajstić information content (AvgIpc) is 2.68. The Bertz CT molecular complexity index is 1100. The average molecular weight is 365 g/mol. The normalized spacial score (nSPS) is 10.4. The number of rotatable bonds is 5. The minimum atomic E-state index is -0.710. The summed E-state index contributed by atoms with van der Waals surface area (Å²) in [7, 11) is 1.49. The van der Waals surface area contributed by atoms with Crippen LogP contribution >= 0.6 is 0 Å². The summed E-state index contributed by atoms with van der Waals surface area (Å²) in [5.74, 6) is -0.0978. The second kappa shape index (κ2) is 7.74. The molecule has 0 saturated heterocycles. The lowest BCUT2D eigenvalue weighted by Gasteiger charge is -2.11. The number of aryl methyl sites for hydroxylation is 1. The van der Waals surface area contributed by atoms with Gasteiger partial charge in [-0.25, -0.2) is 9.36 Å². The van der Waals surface area contributed by atoms with Gasteiger partial charge in [-0.05, 0) is 30.2 Å². The van der Waals surface area contributed by atoms with Gasteiger partial charge < -0.3 is 15.0 Å². The molecule has 0 atom stereocenters. The molecule has 1 aromatic heterocycles. The predicted octanol–water partition coefficient (Wildman–Crippen LogP) is 2.35. The van der Waals surface area contributed by atoms with Crippen LogP contribution in [0, 0.1) is 0 Å². The smallest absolute Gasteiger partial charge is 0.333 e. The number of ether oxygens (including phenoxy) is 1. The first-order chi connectivity index (χ1) is 13.0. The molecule has 3 aromatic rings. The van der Waals surface area contributed by atoms with E-state index in [1.807, 2.05) is 19.1 Å². The number of H-pyrrole nitrogens is 1. The van der Waals surface area contributed by atoms with Crippen molar-refractivity contribution < 1.29 is 9.53 Å². The van der Waals surface area contributed by atoms with Crippen LogP contribution in [0.4, 0.5) is 5.69 Å². The van der Waals surface area contributed by atoms with Crippen molar-refractivity contribution >= 4 is 11.6 Å². The van der Waals surface area contributed by atoms with E-state index < -0.39 is 17.2 Å². The summed E-state index contributed by atoms with van der Waals surface area (Å²) in [4.78, 5) is 40.1. The Labute approximate surface area is 155 Å². The summed E-state index contributed by atoms with van der Waals surface area (Å²) in [5, 5.41) is 2.74. The number of aromatic amines is 1. The van der Waals surface area contributed by atoms with E-state index in [1.54, 1.807) is 36.4 Å². The molecule has 138 valence electrons. The Morgan fingerprint density at radius 2 is 1.93 bits per heavy atom. The number of anilines is 1. The van der Waals surface area contributed by atoms with E-state index in [9.17, 15) is 14.4 Å². The van der Waals surface area contributed by atoms with Crippen LogP contribution < -0.4 is 21.3 Å². The van der Waals surface area contributed by atoms with Gasteiger partial charge in [-0.1, -0.05) is 31.2 Å². The lowest BCUT2D eigenvalue weighted by Crippen LogP contribution is -2.38. The molecule has 0 fully saturated rings. The van der Waals surface area contributed by atoms with Crippen molar-refractivity contribution in [2.24, 2.45) is 0 Å². The van der Waals surface area contributed by atoms with Gasteiger partial charge in [0.15, 0.2) is 0 Å². The van der Waals surface area contributed by atoms with Gasteiger partial charge in [0.2, 0.25) is 0 Å². The molecule has 0 aliphatic rings. The molecular formula is C20H19N3O4. The molecule has 0 aliphatic heterocycles. The second-order valence-electron chi connectivity index (χ2n) is 5.81. The van der Waals surface area contributed by atoms with Crippen molar-refractivity contribution in [3.8, 4) is 11.4 Å². The van der Waals surface area contributed by atoms with Gasteiger partial charge in [0.1, 0.15) is 11.3 Å². The summed E-state index contributed by atoms with van der Waals surface area (Å²) >= 11 is 0. The number of benzene rings is 2. The molecule has 2 aromatic carbocycles. The van der Waals surface area contributed by atoms with Crippen LogP contribution in [0.5, 0.6) is 5.75 Å². The minimum Gasteiger partial charge on any atom is -0.497 e. The summed E-state index contributed by atoms with van der Waals surface area (Å²) in [6.45, 7) is 1.97. The van der Waals surface area contributed by atoms with Crippen LogP contribution in [0.15, 0.2) is 64.3 Å². The first-order valence-corrected chi connectivity index (χ1v) is 8.43. The highest BCUT2D eigenvalue weighted by atomic mass is 16.5.